The Bertz CT molecular complexity index is 1080. The highest BCUT2D eigenvalue weighted by molar-refractivity contribution is 9.10. The number of thiophene rings is 1. The van der Waals surface area contributed by atoms with Crippen molar-refractivity contribution in [2.75, 3.05) is 10.6 Å². The van der Waals surface area contributed by atoms with Crippen molar-refractivity contribution in [3.05, 3.63) is 62.4 Å². The third-order valence-electron chi connectivity index (χ3n) is 4.55. The molecule has 3 aromatic rings. The van der Waals surface area contributed by atoms with Gasteiger partial charge in [-0.2, -0.15) is 18.3 Å². The summed E-state index contributed by atoms with van der Waals surface area (Å²) in [4.78, 5) is 13.2. The number of aromatic nitrogens is 2. The molecule has 1 amide bonds. The Morgan fingerprint density at radius 1 is 1.30 bits per heavy atom. The lowest BCUT2D eigenvalue weighted by atomic mass is 10.0. The number of carbonyl (C=O) groups is 1. The number of halogens is 6. The van der Waals surface area contributed by atoms with E-state index in [1.54, 1.807) is 17.5 Å². The van der Waals surface area contributed by atoms with Gasteiger partial charge < -0.3 is 10.6 Å². The average Bonchev–Trinajstić information content (AvgIpc) is 3.32. The minimum atomic E-state index is -4.59. The number of rotatable bonds is 3. The average molecular weight is 507 g/mol. The van der Waals surface area contributed by atoms with Crippen molar-refractivity contribution in [2.24, 2.45) is 0 Å². The van der Waals surface area contributed by atoms with Crippen LogP contribution in [-0.2, 0) is 0 Å². The fourth-order valence-electron chi connectivity index (χ4n) is 3.20. The summed E-state index contributed by atoms with van der Waals surface area (Å²) in [6.45, 7) is 0. The van der Waals surface area contributed by atoms with E-state index in [0.29, 0.717) is 6.07 Å². The second-order valence-corrected chi connectivity index (χ2v) is 8.40. The van der Waals surface area contributed by atoms with Gasteiger partial charge in [-0.1, -0.05) is 6.07 Å². The molecule has 0 radical (unpaired) electrons. The van der Waals surface area contributed by atoms with Gasteiger partial charge in [-0.05, 0) is 33.4 Å². The molecule has 30 heavy (non-hydrogen) atoms. The van der Waals surface area contributed by atoms with E-state index >= 15 is 0 Å². The van der Waals surface area contributed by atoms with Crippen molar-refractivity contribution < 1.29 is 26.7 Å². The second-order valence-electron chi connectivity index (χ2n) is 6.56. The summed E-state index contributed by atoms with van der Waals surface area (Å²) < 4.78 is 68.8. The predicted molar refractivity (Wildman–Crippen MR) is 105 cm³/mol. The van der Waals surface area contributed by atoms with E-state index in [4.69, 9.17) is 0 Å². The molecule has 1 aromatic carbocycles. The molecule has 2 atom stereocenters. The first-order valence-corrected chi connectivity index (χ1v) is 10.2. The number of hydrogen-bond donors (Lipinski definition) is 2. The third-order valence-corrected chi connectivity index (χ3v) is 6.17. The van der Waals surface area contributed by atoms with Gasteiger partial charge in [-0.3, -0.25) is 4.79 Å². The van der Waals surface area contributed by atoms with Crippen LogP contribution in [0.4, 0.5) is 33.5 Å². The summed E-state index contributed by atoms with van der Waals surface area (Å²) in [5, 5.41) is 10.7. The molecule has 0 saturated heterocycles. The van der Waals surface area contributed by atoms with Crippen molar-refractivity contribution in [1.82, 2.24) is 9.78 Å². The van der Waals surface area contributed by atoms with E-state index in [9.17, 15) is 26.7 Å². The molecule has 4 rings (SSSR count). The number of carbonyl (C=O) groups excluding carboxylic acids is 1. The van der Waals surface area contributed by atoms with Crippen LogP contribution in [0.1, 0.15) is 33.9 Å². The van der Waals surface area contributed by atoms with E-state index in [1.165, 1.54) is 17.4 Å². The molecule has 3 heterocycles. The Morgan fingerprint density at radius 3 is 2.70 bits per heavy atom. The number of fused-ring (bicyclic) bond motifs is 1. The number of anilines is 2. The van der Waals surface area contributed by atoms with Crippen LogP contribution < -0.4 is 10.6 Å². The van der Waals surface area contributed by atoms with E-state index in [0.717, 1.165) is 15.6 Å². The monoisotopic (exact) mass is 506 g/mol. The number of nitrogens with zero attached hydrogens (tertiary/aromatic N) is 2. The summed E-state index contributed by atoms with van der Waals surface area (Å²) in [6, 6.07) is 3.63. The maximum absolute atomic E-state index is 14.0. The van der Waals surface area contributed by atoms with Crippen LogP contribution in [-0.4, -0.2) is 21.9 Å². The number of hydrogen-bond acceptors (Lipinski definition) is 4. The fraction of sp³-hybridized carbons (Fsp3) is 0.222. The minimum Gasteiger partial charge on any atom is -0.363 e. The van der Waals surface area contributed by atoms with Crippen LogP contribution in [0.5, 0.6) is 0 Å². The predicted octanol–water partition coefficient (Wildman–Crippen LogP) is 5.90. The van der Waals surface area contributed by atoms with Gasteiger partial charge in [0.05, 0.1) is 11.7 Å². The Balaban J connectivity index is 1.66. The van der Waals surface area contributed by atoms with Gasteiger partial charge in [0.15, 0.2) is 17.6 Å². The largest absolute Gasteiger partial charge is 0.410 e. The molecule has 158 valence electrons. The first kappa shape index (κ1) is 20.8. The molecule has 2 N–H and O–H groups in total. The first-order valence-electron chi connectivity index (χ1n) is 8.55. The van der Waals surface area contributed by atoms with Crippen LogP contribution in [0.2, 0.25) is 0 Å². The Kier molecular flexibility index (Phi) is 5.30. The SMILES string of the molecule is O=C(Nc1c(F)cc(F)cc1Br)c1cc2n(n1)C(C(F)(F)F)CC(c1cccs1)N2. The zero-order chi connectivity index (χ0) is 21.6. The molecule has 5 nitrogen and oxygen atoms in total. The third kappa shape index (κ3) is 3.93. The van der Waals surface area contributed by atoms with Gasteiger partial charge in [0.2, 0.25) is 0 Å². The lowest BCUT2D eigenvalue weighted by Gasteiger charge is -2.32. The summed E-state index contributed by atoms with van der Waals surface area (Å²) in [5.41, 5.74) is -0.682. The van der Waals surface area contributed by atoms with Gasteiger partial charge in [0, 0.05) is 27.9 Å². The van der Waals surface area contributed by atoms with E-state index in [1.807, 2.05) is 0 Å². The van der Waals surface area contributed by atoms with Gasteiger partial charge in [-0.15, -0.1) is 11.3 Å². The van der Waals surface area contributed by atoms with Crippen LogP contribution in [0.3, 0.4) is 0 Å². The first-order chi connectivity index (χ1) is 14.1. The molecule has 1 aliphatic rings. The molecule has 0 spiro atoms. The Labute approximate surface area is 179 Å². The topological polar surface area (TPSA) is 59.0 Å². The minimum absolute atomic E-state index is 0.0192. The van der Waals surface area contributed by atoms with Crippen LogP contribution in [0, 0.1) is 11.6 Å². The van der Waals surface area contributed by atoms with Crippen LogP contribution >= 0.6 is 27.3 Å². The fourth-order valence-corrected chi connectivity index (χ4v) is 4.50. The number of amides is 1. The van der Waals surface area contributed by atoms with Gasteiger partial charge in [0.25, 0.3) is 5.91 Å². The number of alkyl halides is 3. The Hall–Kier alpha value is -2.47. The molecule has 0 saturated carbocycles. The number of benzene rings is 1. The smallest absolute Gasteiger partial charge is 0.363 e. The highest BCUT2D eigenvalue weighted by Crippen LogP contribution is 2.44. The summed E-state index contributed by atoms with van der Waals surface area (Å²) >= 11 is 4.26. The second kappa shape index (κ2) is 7.65. The highest BCUT2D eigenvalue weighted by atomic mass is 79.9. The quantitative estimate of drug-likeness (QED) is 0.435. The molecular weight excluding hydrogens is 495 g/mol. The van der Waals surface area contributed by atoms with E-state index < -0.39 is 35.8 Å². The Morgan fingerprint density at radius 2 is 2.07 bits per heavy atom. The van der Waals surface area contributed by atoms with Gasteiger partial charge in [0.1, 0.15) is 11.6 Å². The van der Waals surface area contributed by atoms with Crippen LogP contribution in [0.25, 0.3) is 0 Å². The zero-order valence-electron chi connectivity index (χ0n) is 14.8. The van der Waals surface area contributed by atoms with E-state index in [2.05, 4.69) is 31.7 Å². The molecule has 0 bridgehead atoms. The van der Waals surface area contributed by atoms with Crippen molar-refractivity contribution in [3.63, 3.8) is 0 Å². The highest BCUT2D eigenvalue weighted by Gasteiger charge is 2.47. The van der Waals surface area contributed by atoms with Crippen molar-refractivity contribution >= 4 is 44.7 Å². The molecule has 2 aromatic heterocycles. The summed E-state index contributed by atoms with van der Waals surface area (Å²) in [5.74, 6) is -2.81. The van der Waals surface area contributed by atoms with Crippen molar-refractivity contribution in [3.8, 4) is 0 Å². The summed E-state index contributed by atoms with van der Waals surface area (Å²) in [7, 11) is 0. The van der Waals surface area contributed by atoms with Gasteiger partial charge in [-0.25, -0.2) is 13.5 Å². The lowest BCUT2D eigenvalue weighted by Crippen LogP contribution is -2.35. The molecule has 0 aliphatic carbocycles. The maximum Gasteiger partial charge on any atom is 0.410 e. The van der Waals surface area contributed by atoms with Crippen LogP contribution in [0.15, 0.2) is 40.2 Å². The lowest BCUT2D eigenvalue weighted by molar-refractivity contribution is -0.173. The molecule has 2 unspecified atom stereocenters. The van der Waals surface area contributed by atoms with E-state index in [-0.39, 0.29) is 28.1 Å². The number of nitrogens with one attached hydrogen (secondary N) is 2. The zero-order valence-corrected chi connectivity index (χ0v) is 17.2. The van der Waals surface area contributed by atoms with Crippen molar-refractivity contribution in [1.29, 1.82) is 0 Å². The van der Waals surface area contributed by atoms with Crippen molar-refractivity contribution in [2.45, 2.75) is 24.7 Å². The summed E-state index contributed by atoms with van der Waals surface area (Å²) in [6.07, 6.45) is -4.88. The molecule has 1 aliphatic heterocycles. The molecular formula is C18H12BrF5N4OS. The molecule has 0 fully saturated rings. The standard InChI is InChI=1S/C18H12BrF5N4OS/c19-9-4-8(20)5-10(21)16(9)26-17(29)12-7-15-25-11(13-2-1-3-30-13)6-14(18(22,23)24)28(15)27-12/h1-5,7,11,14,25H,6H2,(H,26,29). The normalized spacial score (nSPS) is 18.6. The van der Waals surface area contributed by atoms with Gasteiger partial charge >= 0.3 is 6.18 Å². The maximum atomic E-state index is 14.0. The molecule has 12 heteroatoms.